The number of piperidine rings is 1. The maximum absolute atomic E-state index is 13.1. The number of amides is 2. The number of methoxy groups -OCH3 is 1. The van der Waals surface area contributed by atoms with Crippen LogP contribution in [0.3, 0.4) is 0 Å². The normalized spacial score (nSPS) is 15.5. The number of carbonyl (C=O) groups is 2. The lowest BCUT2D eigenvalue weighted by Gasteiger charge is -2.26. The molecule has 1 heterocycles. The van der Waals surface area contributed by atoms with Gasteiger partial charge < -0.3 is 15.4 Å². The van der Waals surface area contributed by atoms with Crippen molar-refractivity contribution in [1.82, 2.24) is 9.62 Å². The summed E-state index contributed by atoms with van der Waals surface area (Å²) in [4.78, 5) is 24.7. The van der Waals surface area contributed by atoms with E-state index in [1.165, 1.54) is 36.5 Å². The molecule has 1 unspecified atom stereocenters. The average molecular weight is 474 g/mol. The Kier molecular flexibility index (Phi) is 8.10. The van der Waals surface area contributed by atoms with Gasteiger partial charge in [0.1, 0.15) is 5.75 Å². The van der Waals surface area contributed by atoms with Crippen LogP contribution in [0.2, 0.25) is 0 Å². The molecule has 0 saturated carbocycles. The molecule has 0 bridgehead atoms. The van der Waals surface area contributed by atoms with Crippen LogP contribution in [0.1, 0.15) is 49.8 Å². The summed E-state index contributed by atoms with van der Waals surface area (Å²) < 4.78 is 32.9. The van der Waals surface area contributed by atoms with Gasteiger partial charge in [0.05, 0.1) is 30.2 Å². The molecular weight excluding hydrogens is 442 g/mol. The minimum atomic E-state index is -3.66. The lowest BCUT2D eigenvalue weighted by Crippen LogP contribution is -2.35. The fourth-order valence-corrected chi connectivity index (χ4v) is 5.43. The van der Waals surface area contributed by atoms with Gasteiger partial charge in [-0.3, -0.25) is 9.59 Å². The molecule has 3 rings (SSSR count). The molecule has 0 aromatic heterocycles. The first-order chi connectivity index (χ1) is 15.7. The largest absolute Gasteiger partial charge is 0.495 e. The number of aryl methyl sites for hydroxylation is 1. The first kappa shape index (κ1) is 24.7. The minimum Gasteiger partial charge on any atom is -0.495 e. The smallest absolute Gasteiger partial charge is 0.243 e. The van der Waals surface area contributed by atoms with E-state index in [1.54, 1.807) is 0 Å². The van der Waals surface area contributed by atoms with Crippen molar-refractivity contribution in [2.24, 2.45) is 0 Å². The Balaban J connectivity index is 1.81. The molecule has 2 N–H and O–H groups in total. The molecule has 9 heteroatoms. The molecule has 2 amide bonds. The van der Waals surface area contributed by atoms with E-state index in [2.05, 4.69) is 10.6 Å². The molecule has 1 aliphatic heterocycles. The summed E-state index contributed by atoms with van der Waals surface area (Å²) in [5.41, 5.74) is 2.15. The number of carbonyl (C=O) groups excluding carboxylic acids is 2. The summed E-state index contributed by atoms with van der Waals surface area (Å²) in [5.74, 6) is -0.270. The van der Waals surface area contributed by atoms with Gasteiger partial charge in [0.25, 0.3) is 0 Å². The number of hydrogen-bond acceptors (Lipinski definition) is 5. The number of hydrogen-bond donors (Lipinski definition) is 2. The van der Waals surface area contributed by atoms with Crippen LogP contribution in [0.4, 0.5) is 5.69 Å². The minimum absolute atomic E-state index is 0.0190. The zero-order valence-electron chi connectivity index (χ0n) is 19.3. The van der Waals surface area contributed by atoms with E-state index in [-0.39, 0.29) is 28.8 Å². The first-order valence-corrected chi connectivity index (χ1v) is 12.5. The second-order valence-electron chi connectivity index (χ2n) is 8.24. The fourth-order valence-electron chi connectivity index (χ4n) is 3.88. The molecule has 1 saturated heterocycles. The van der Waals surface area contributed by atoms with Gasteiger partial charge in [-0.1, -0.05) is 36.2 Å². The number of nitrogens with one attached hydrogen (secondary N) is 2. The molecule has 2 aromatic rings. The lowest BCUT2D eigenvalue weighted by atomic mass is 10.0. The Bertz CT molecular complexity index is 1090. The van der Waals surface area contributed by atoms with Gasteiger partial charge in [0.2, 0.25) is 21.8 Å². The topological polar surface area (TPSA) is 105 Å². The molecular formula is C24H31N3O5S. The van der Waals surface area contributed by atoms with Crippen LogP contribution in [-0.4, -0.2) is 44.7 Å². The molecule has 178 valence electrons. The first-order valence-electron chi connectivity index (χ1n) is 11.0. The van der Waals surface area contributed by atoms with E-state index in [9.17, 15) is 18.0 Å². The van der Waals surface area contributed by atoms with Crippen molar-refractivity contribution in [2.45, 2.75) is 50.5 Å². The number of nitrogens with zero attached hydrogens (tertiary/aromatic N) is 1. The predicted octanol–water partition coefficient (Wildman–Crippen LogP) is 3.38. The van der Waals surface area contributed by atoms with Gasteiger partial charge in [0, 0.05) is 20.0 Å². The third-order valence-electron chi connectivity index (χ3n) is 5.64. The Morgan fingerprint density at radius 2 is 1.73 bits per heavy atom. The van der Waals surface area contributed by atoms with E-state index in [1.807, 2.05) is 31.2 Å². The molecule has 0 radical (unpaired) electrons. The second kappa shape index (κ2) is 10.8. The lowest BCUT2D eigenvalue weighted by molar-refractivity contribution is -0.120. The van der Waals surface area contributed by atoms with Gasteiger partial charge in [0.15, 0.2) is 0 Å². The third-order valence-corrected chi connectivity index (χ3v) is 7.54. The van der Waals surface area contributed by atoms with Crippen LogP contribution in [-0.2, 0) is 19.6 Å². The second-order valence-corrected chi connectivity index (χ2v) is 10.2. The van der Waals surface area contributed by atoms with Gasteiger partial charge in [-0.25, -0.2) is 8.42 Å². The highest BCUT2D eigenvalue weighted by Crippen LogP contribution is 2.30. The Morgan fingerprint density at radius 3 is 2.33 bits per heavy atom. The van der Waals surface area contributed by atoms with Crippen molar-refractivity contribution in [3.8, 4) is 5.75 Å². The molecule has 1 fully saturated rings. The highest BCUT2D eigenvalue weighted by molar-refractivity contribution is 7.89. The number of ether oxygens (including phenoxy) is 1. The molecule has 1 atom stereocenters. The molecule has 33 heavy (non-hydrogen) atoms. The van der Waals surface area contributed by atoms with Gasteiger partial charge in [-0.15, -0.1) is 0 Å². The van der Waals surface area contributed by atoms with Crippen molar-refractivity contribution in [3.63, 3.8) is 0 Å². The maximum atomic E-state index is 13.1. The SMILES string of the molecule is COc1ccc(S(=O)(=O)N2CCCCC2)cc1NC(=O)CC(NC(C)=O)c1ccc(C)cc1. The standard InChI is InChI=1S/C24H31N3O5S/c1-17-7-9-19(10-8-17)21(25-18(2)28)16-24(29)26-22-15-20(11-12-23(22)32-3)33(30,31)27-13-5-4-6-14-27/h7-12,15,21H,4-6,13-14,16H2,1-3H3,(H,25,28)(H,26,29). The van der Waals surface area contributed by atoms with E-state index in [4.69, 9.17) is 4.74 Å². The van der Waals surface area contributed by atoms with Crippen LogP contribution in [0.25, 0.3) is 0 Å². The molecule has 1 aliphatic rings. The summed E-state index contributed by atoms with van der Waals surface area (Å²) in [6.45, 7) is 4.34. The maximum Gasteiger partial charge on any atom is 0.243 e. The van der Waals surface area contributed by atoms with Crippen LogP contribution in [0, 0.1) is 6.92 Å². The predicted molar refractivity (Wildman–Crippen MR) is 127 cm³/mol. The van der Waals surface area contributed by atoms with Crippen LogP contribution in [0.5, 0.6) is 5.75 Å². The van der Waals surface area contributed by atoms with Crippen molar-refractivity contribution in [3.05, 3.63) is 53.6 Å². The van der Waals surface area contributed by atoms with Crippen molar-refractivity contribution < 1.29 is 22.7 Å². The third kappa shape index (κ3) is 6.33. The summed E-state index contributed by atoms with van der Waals surface area (Å²) >= 11 is 0. The quantitative estimate of drug-likeness (QED) is 0.612. The van der Waals surface area contributed by atoms with Crippen molar-refractivity contribution in [1.29, 1.82) is 0 Å². The molecule has 0 spiro atoms. The summed E-state index contributed by atoms with van der Waals surface area (Å²) in [5, 5.41) is 5.57. The number of benzene rings is 2. The summed E-state index contributed by atoms with van der Waals surface area (Å²) in [7, 11) is -2.21. The molecule has 0 aliphatic carbocycles. The number of sulfonamides is 1. The van der Waals surface area contributed by atoms with E-state index >= 15 is 0 Å². The monoisotopic (exact) mass is 473 g/mol. The van der Waals surface area contributed by atoms with Gasteiger partial charge in [-0.05, 0) is 43.5 Å². The van der Waals surface area contributed by atoms with E-state index < -0.39 is 16.1 Å². The van der Waals surface area contributed by atoms with Gasteiger partial charge >= 0.3 is 0 Å². The van der Waals surface area contributed by atoms with Crippen LogP contribution >= 0.6 is 0 Å². The summed E-state index contributed by atoms with van der Waals surface area (Å²) in [6.07, 6.45) is 2.67. The Hall–Kier alpha value is -2.91. The number of rotatable bonds is 8. The summed E-state index contributed by atoms with van der Waals surface area (Å²) in [6, 6.07) is 11.5. The van der Waals surface area contributed by atoms with Gasteiger partial charge in [-0.2, -0.15) is 4.31 Å². The Labute approximate surface area is 195 Å². The van der Waals surface area contributed by atoms with Crippen LogP contribution < -0.4 is 15.4 Å². The van der Waals surface area contributed by atoms with Crippen LogP contribution in [0.15, 0.2) is 47.4 Å². The number of anilines is 1. The average Bonchev–Trinajstić information content (AvgIpc) is 2.79. The van der Waals surface area contributed by atoms with E-state index in [0.29, 0.717) is 18.8 Å². The zero-order chi connectivity index (χ0) is 24.0. The molecule has 8 nitrogen and oxygen atoms in total. The highest BCUT2D eigenvalue weighted by atomic mass is 32.2. The highest BCUT2D eigenvalue weighted by Gasteiger charge is 2.27. The zero-order valence-corrected chi connectivity index (χ0v) is 20.1. The Morgan fingerprint density at radius 1 is 1.06 bits per heavy atom. The van der Waals surface area contributed by atoms with Crippen molar-refractivity contribution in [2.75, 3.05) is 25.5 Å². The van der Waals surface area contributed by atoms with Crippen molar-refractivity contribution >= 4 is 27.5 Å². The fraction of sp³-hybridized carbons (Fsp3) is 0.417. The van der Waals surface area contributed by atoms with E-state index in [0.717, 1.165) is 30.4 Å². The molecule has 2 aromatic carbocycles.